The van der Waals surface area contributed by atoms with Crippen LogP contribution in [0, 0.1) is 0 Å². The van der Waals surface area contributed by atoms with Crippen molar-refractivity contribution in [2.75, 3.05) is 20.3 Å². The van der Waals surface area contributed by atoms with Crippen LogP contribution >= 0.6 is 0 Å². The van der Waals surface area contributed by atoms with Crippen molar-refractivity contribution in [1.29, 1.82) is 0 Å². The zero-order valence-electron chi connectivity index (χ0n) is 11.7. The fourth-order valence-corrected chi connectivity index (χ4v) is 2.19. The Balaban J connectivity index is 2.55. The van der Waals surface area contributed by atoms with Crippen LogP contribution in [0.4, 0.5) is 0 Å². The molecule has 1 aromatic carbocycles. The van der Waals surface area contributed by atoms with Crippen molar-refractivity contribution in [3.63, 3.8) is 0 Å². The molecule has 0 saturated carbocycles. The van der Waals surface area contributed by atoms with Gasteiger partial charge in [-0.05, 0) is 50.4 Å². The lowest BCUT2D eigenvalue weighted by Crippen LogP contribution is -2.43. The second kappa shape index (κ2) is 7.39. The first-order valence-corrected chi connectivity index (χ1v) is 6.62. The molecule has 1 aromatic rings. The topological polar surface area (TPSA) is 41.5 Å². The quantitative estimate of drug-likeness (QED) is 0.745. The maximum absolute atomic E-state index is 9.14. The van der Waals surface area contributed by atoms with Gasteiger partial charge < -0.3 is 15.2 Å². The van der Waals surface area contributed by atoms with Crippen LogP contribution in [0.3, 0.4) is 0 Å². The van der Waals surface area contributed by atoms with Gasteiger partial charge in [0.2, 0.25) is 0 Å². The fraction of sp³-hybridized carbons (Fsp3) is 0.600. The largest absolute Gasteiger partial charge is 0.497 e. The molecule has 0 aliphatic rings. The normalized spacial score (nSPS) is 14.2. The number of benzene rings is 1. The molecule has 0 aliphatic heterocycles. The van der Waals surface area contributed by atoms with E-state index in [0.717, 1.165) is 31.6 Å². The van der Waals surface area contributed by atoms with E-state index in [1.54, 1.807) is 7.11 Å². The maximum atomic E-state index is 9.14. The molecule has 0 fully saturated rings. The molecule has 2 N–H and O–H groups in total. The highest BCUT2D eigenvalue weighted by atomic mass is 16.5. The molecule has 0 spiro atoms. The number of ether oxygens (including phenoxy) is 1. The number of methoxy groups -OCH3 is 1. The average molecular weight is 251 g/mol. The summed E-state index contributed by atoms with van der Waals surface area (Å²) in [5.74, 6) is 0.892. The summed E-state index contributed by atoms with van der Waals surface area (Å²) in [7, 11) is 1.68. The van der Waals surface area contributed by atoms with Gasteiger partial charge in [-0.15, -0.1) is 0 Å². The van der Waals surface area contributed by atoms with Gasteiger partial charge in [0.1, 0.15) is 5.75 Å². The van der Waals surface area contributed by atoms with Crippen LogP contribution < -0.4 is 10.1 Å². The van der Waals surface area contributed by atoms with Gasteiger partial charge in [-0.3, -0.25) is 0 Å². The number of aryl methyl sites for hydroxylation is 1. The third-order valence-corrected chi connectivity index (χ3v) is 3.39. The molecule has 18 heavy (non-hydrogen) atoms. The van der Waals surface area contributed by atoms with Crippen LogP contribution in [0.25, 0.3) is 0 Å². The molecule has 1 unspecified atom stereocenters. The van der Waals surface area contributed by atoms with Crippen molar-refractivity contribution in [3.05, 3.63) is 29.8 Å². The van der Waals surface area contributed by atoms with Crippen LogP contribution in [-0.4, -0.2) is 30.9 Å². The van der Waals surface area contributed by atoms with E-state index >= 15 is 0 Å². The van der Waals surface area contributed by atoms with Crippen molar-refractivity contribution in [2.45, 2.75) is 38.6 Å². The molecule has 0 radical (unpaired) electrons. The molecule has 0 aliphatic carbocycles. The minimum Gasteiger partial charge on any atom is -0.497 e. The van der Waals surface area contributed by atoms with E-state index in [0.29, 0.717) is 0 Å². The SMILES string of the molecule is CCNC(C)(CCO)CCc1ccc(OC)cc1. The lowest BCUT2D eigenvalue weighted by Gasteiger charge is -2.30. The van der Waals surface area contributed by atoms with Gasteiger partial charge in [0.25, 0.3) is 0 Å². The second-order valence-electron chi connectivity index (χ2n) is 4.91. The second-order valence-corrected chi connectivity index (χ2v) is 4.91. The van der Waals surface area contributed by atoms with Crippen LogP contribution in [0.1, 0.15) is 32.3 Å². The predicted octanol–water partition coefficient (Wildman–Crippen LogP) is 2.38. The molecule has 0 aromatic heterocycles. The first kappa shape index (κ1) is 15.0. The summed E-state index contributed by atoms with van der Waals surface area (Å²) in [5.41, 5.74) is 1.32. The van der Waals surface area contributed by atoms with Gasteiger partial charge >= 0.3 is 0 Å². The summed E-state index contributed by atoms with van der Waals surface area (Å²) >= 11 is 0. The Morgan fingerprint density at radius 3 is 2.39 bits per heavy atom. The van der Waals surface area contributed by atoms with Crippen LogP contribution in [0.15, 0.2) is 24.3 Å². The number of hydrogen-bond donors (Lipinski definition) is 2. The van der Waals surface area contributed by atoms with E-state index in [4.69, 9.17) is 9.84 Å². The molecule has 3 heteroatoms. The molecular weight excluding hydrogens is 226 g/mol. The van der Waals surface area contributed by atoms with Gasteiger partial charge in [-0.1, -0.05) is 19.1 Å². The van der Waals surface area contributed by atoms with Gasteiger partial charge in [0.15, 0.2) is 0 Å². The van der Waals surface area contributed by atoms with E-state index in [1.165, 1.54) is 5.56 Å². The van der Waals surface area contributed by atoms with E-state index in [1.807, 2.05) is 12.1 Å². The molecular formula is C15H25NO2. The van der Waals surface area contributed by atoms with E-state index in [2.05, 4.69) is 31.3 Å². The Morgan fingerprint density at radius 2 is 1.89 bits per heavy atom. The molecule has 0 amide bonds. The van der Waals surface area contributed by atoms with Crippen molar-refractivity contribution < 1.29 is 9.84 Å². The number of rotatable bonds is 8. The monoisotopic (exact) mass is 251 g/mol. The minimum absolute atomic E-state index is 0.0173. The summed E-state index contributed by atoms with van der Waals surface area (Å²) in [5, 5.41) is 12.6. The Kier molecular flexibility index (Phi) is 6.16. The zero-order valence-corrected chi connectivity index (χ0v) is 11.7. The first-order valence-electron chi connectivity index (χ1n) is 6.62. The Bertz CT molecular complexity index is 329. The predicted molar refractivity (Wildman–Crippen MR) is 75.1 cm³/mol. The molecule has 0 heterocycles. The van der Waals surface area contributed by atoms with Crippen LogP contribution in [0.2, 0.25) is 0 Å². The third-order valence-electron chi connectivity index (χ3n) is 3.39. The van der Waals surface area contributed by atoms with Gasteiger partial charge in [-0.2, -0.15) is 0 Å². The Hall–Kier alpha value is -1.06. The number of aliphatic hydroxyl groups is 1. The number of nitrogens with one attached hydrogen (secondary N) is 1. The van der Waals surface area contributed by atoms with Crippen molar-refractivity contribution in [1.82, 2.24) is 5.32 Å². The highest BCUT2D eigenvalue weighted by molar-refractivity contribution is 5.27. The summed E-state index contributed by atoms with van der Waals surface area (Å²) < 4.78 is 5.15. The van der Waals surface area contributed by atoms with E-state index in [-0.39, 0.29) is 12.1 Å². The van der Waals surface area contributed by atoms with Crippen molar-refractivity contribution in [2.24, 2.45) is 0 Å². The first-order chi connectivity index (χ1) is 8.63. The molecule has 1 rings (SSSR count). The third kappa shape index (κ3) is 4.67. The van der Waals surface area contributed by atoms with E-state index < -0.39 is 0 Å². The standard InChI is InChI=1S/C15H25NO2/c1-4-16-15(2,11-12-17)10-9-13-5-7-14(18-3)8-6-13/h5-8,16-17H,4,9-12H2,1-3H3. The summed E-state index contributed by atoms with van der Waals surface area (Å²) in [6.07, 6.45) is 2.82. The van der Waals surface area contributed by atoms with Crippen LogP contribution in [0.5, 0.6) is 5.75 Å². The lowest BCUT2D eigenvalue weighted by atomic mass is 9.90. The maximum Gasteiger partial charge on any atom is 0.118 e. The Labute approximate surface area is 110 Å². The molecule has 0 bridgehead atoms. The average Bonchev–Trinajstić information content (AvgIpc) is 2.38. The molecule has 1 atom stereocenters. The lowest BCUT2D eigenvalue weighted by molar-refractivity contribution is 0.214. The number of hydrogen-bond acceptors (Lipinski definition) is 3. The van der Waals surface area contributed by atoms with Crippen LogP contribution in [-0.2, 0) is 6.42 Å². The van der Waals surface area contributed by atoms with Crippen molar-refractivity contribution >= 4 is 0 Å². The summed E-state index contributed by atoms with van der Waals surface area (Å²) in [4.78, 5) is 0. The van der Waals surface area contributed by atoms with Gasteiger partial charge in [-0.25, -0.2) is 0 Å². The molecule has 0 saturated heterocycles. The van der Waals surface area contributed by atoms with E-state index in [9.17, 15) is 0 Å². The van der Waals surface area contributed by atoms with Crippen molar-refractivity contribution in [3.8, 4) is 5.75 Å². The fourth-order valence-electron chi connectivity index (χ4n) is 2.19. The zero-order chi connectivity index (χ0) is 13.4. The highest BCUT2D eigenvalue weighted by Gasteiger charge is 2.21. The molecule has 102 valence electrons. The number of aliphatic hydroxyl groups excluding tert-OH is 1. The molecule has 3 nitrogen and oxygen atoms in total. The van der Waals surface area contributed by atoms with Gasteiger partial charge in [0.05, 0.1) is 7.11 Å². The highest BCUT2D eigenvalue weighted by Crippen LogP contribution is 2.19. The smallest absolute Gasteiger partial charge is 0.118 e. The Morgan fingerprint density at radius 1 is 1.22 bits per heavy atom. The minimum atomic E-state index is 0.0173. The summed E-state index contributed by atoms with van der Waals surface area (Å²) in [6, 6.07) is 8.19. The van der Waals surface area contributed by atoms with Gasteiger partial charge in [0, 0.05) is 12.1 Å². The summed E-state index contributed by atoms with van der Waals surface area (Å²) in [6.45, 7) is 5.43.